The molecular formula is C16H14N2OS2. The number of aromatic nitrogens is 1. The molecule has 0 spiro atoms. The van der Waals surface area contributed by atoms with Gasteiger partial charge in [-0.25, -0.2) is 0 Å². The van der Waals surface area contributed by atoms with E-state index in [4.69, 9.17) is 0 Å². The van der Waals surface area contributed by atoms with Crippen molar-refractivity contribution in [1.29, 1.82) is 0 Å². The maximum atomic E-state index is 12.4. The molecule has 2 aromatic heterocycles. The first kappa shape index (κ1) is 14.0. The smallest absolute Gasteiger partial charge is 0.267 e. The Hall–Kier alpha value is -1.98. The van der Waals surface area contributed by atoms with Crippen molar-refractivity contribution in [2.45, 2.75) is 4.90 Å². The van der Waals surface area contributed by atoms with Gasteiger partial charge in [0.25, 0.3) is 5.91 Å². The molecule has 0 aliphatic heterocycles. The van der Waals surface area contributed by atoms with Crippen LogP contribution in [0.4, 0.5) is 5.69 Å². The summed E-state index contributed by atoms with van der Waals surface area (Å²) >= 11 is 3.13. The van der Waals surface area contributed by atoms with E-state index < -0.39 is 0 Å². The fraction of sp³-hybridized carbons (Fsp3) is 0.0625. The van der Waals surface area contributed by atoms with Crippen molar-refractivity contribution >= 4 is 34.7 Å². The van der Waals surface area contributed by atoms with Crippen molar-refractivity contribution in [2.24, 2.45) is 0 Å². The quantitative estimate of drug-likeness (QED) is 0.719. The molecule has 21 heavy (non-hydrogen) atoms. The fourth-order valence-electron chi connectivity index (χ4n) is 2.03. The third-order valence-corrected chi connectivity index (χ3v) is 4.73. The minimum Gasteiger partial charge on any atom is -0.322 e. The van der Waals surface area contributed by atoms with Crippen LogP contribution in [-0.4, -0.2) is 16.7 Å². The number of nitrogens with zero attached hydrogens (tertiary/aromatic N) is 1. The average Bonchev–Trinajstić information content (AvgIpc) is 3.18. The van der Waals surface area contributed by atoms with Crippen LogP contribution in [0.3, 0.4) is 0 Å². The molecule has 0 saturated heterocycles. The summed E-state index contributed by atoms with van der Waals surface area (Å²) in [6.45, 7) is 0. The second-order valence-electron chi connectivity index (χ2n) is 4.41. The number of thioether (sulfide) groups is 1. The van der Waals surface area contributed by atoms with Gasteiger partial charge in [-0.2, -0.15) is 0 Å². The molecule has 0 radical (unpaired) electrons. The molecule has 3 nitrogen and oxygen atoms in total. The Balaban J connectivity index is 1.81. The van der Waals surface area contributed by atoms with Crippen LogP contribution in [-0.2, 0) is 0 Å². The maximum Gasteiger partial charge on any atom is 0.267 e. The molecule has 2 heterocycles. The number of benzene rings is 1. The predicted molar refractivity (Wildman–Crippen MR) is 89.8 cm³/mol. The van der Waals surface area contributed by atoms with Crippen LogP contribution >= 0.6 is 23.1 Å². The van der Waals surface area contributed by atoms with Gasteiger partial charge < -0.3 is 9.88 Å². The molecule has 0 aliphatic carbocycles. The molecule has 1 amide bonds. The Morgan fingerprint density at radius 2 is 1.86 bits per heavy atom. The Bertz CT molecular complexity index is 730. The second-order valence-corrected chi connectivity index (χ2v) is 6.20. The number of thiophene rings is 1. The van der Waals surface area contributed by atoms with Crippen molar-refractivity contribution in [3.63, 3.8) is 0 Å². The summed E-state index contributed by atoms with van der Waals surface area (Å²) in [5.41, 5.74) is 1.72. The van der Waals surface area contributed by atoms with Gasteiger partial charge in [0.2, 0.25) is 0 Å². The molecule has 106 valence electrons. The highest BCUT2D eigenvalue weighted by Gasteiger charge is 2.14. The van der Waals surface area contributed by atoms with Crippen LogP contribution < -0.4 is 5.32 Å². The molecule has 3 rings (SSSR count). The summed E-state index contributed by atoms with van der Waals surface area (Å²) in [7, 11) is 0. The Labute approximate surface area is 131 Å². The second kappa shape index (κ2) is 6.20. The van der Waals surface area contributed by atoms with Gasteiger partial charge in [0.1, 0.15) is 4.88 Å². The van der Waals surface area contributed by atoms with E-state index >= 15 is 0 Å². The average molecular weight is 314 g/mol. The van der Waals surface area contributed by atoms with Gasteiger partial charge in [0, 0.05) is 23.0 Å². The van der Waals surface area contributed by atoms with Gasteiger partial charge in [-0.15, -0.1) is 23.1 Å². The first-order chi connectivity index (χ1) is 10.3. The number of rotatable bonds is 4. The van der Waals surface area contributed by atoms with E-state index in [1.807, 2.05) is 71.1 Å². The molecule has 0 fully saturated rings. The summed E-state index contributed by atoms with van der Waals surface area (Å²) in [6.07, 6.45) is 5.90. The molecule has 0 bridgehead atoms. The highest BCUT2D eigenvalue weighted by Crippen LogP contribution is 2.23. The molecular weight excluding hydrogens is 300 g/mol. The Morgan fingerprint density at radius 3 is 2.52 bits per heavy atom. The van der Waals surface area contributed by atoms with E-state index in [1.54, 1.807) is 11.8 Å². The van der Waals surface area contributed by atoms with Crippen LogP contribution in [0.2, 0.25) is 0 Å². The predicted octanol–water partition coefficient (Wildman–Crippen LogP) is 4.51. The number of carbonyl (C=O) groups excluding carboxylic acids is 1. The summed E-state index contributed by atoms with van der Waals surface area (Å²) in [4.78, 5) is 14.3. The topological polar surface area (TPSA) is 34.0 Å². The highest BCUT2D eigenvalue weighted by molar-refractivity contribution is 7.98. The molecule has 0 atom stereocenters. The largest absolute Gasteiger partial charge is 0.322 e. The van der Waals surface area contributed by atoms with Crippen LogP contribution in [0, 0.1) is 0 Å². The van der Waals surface area contributed by atoms with Gasteiger partial charge >= 0.3 is 0 Å². The lowest BCUT2D eigenvalue weighted by Gasteiger charge is -2.07. The molecule has 0 unspecified atom stereocenters. The van der Waals surface area contributed by atoms with Crippen molar-refractivity contribution in [3.05, 3.63) is 65.1 Å². The van der Waals surface area contributed by atoms with E-state index in [1.165, 1.54) is 16.2 Å². The third kappa shape index (κ3) is 3.04. The number of amides is 1. The number of hydrogen-bond donors (Lipinski definition) is 1. The zero-order chi connectivity index (χ0) is 14.7. The fourth-order valence-corrected chi connectivity index (χ4v) is 3.23. The molecule has 0 saturated carbocycles. The molecule has 0 aliphatic rings. The van der Waals surface area contributed by atoms with Crippen LogP contribution in [0.25, 0.3) is 5.69 Å². The van der Waals surface area contributed by atoms with Gasteiger partial charge in [-0.3, -0.25) is 4.79 Å². The molecule has 1 aromatic carbocycles. The van der Waals surface area contributed by atoms with Crippen molar-refractivity contribution < 1.29 is 4.79 Å². The van der Waals surface area contributed by atoms with E-state index in [2.05, 4.69) is 5.32 Å². The number of carbonyl (C=O) groups is 1. The minimum atomic E-state index is -0.0781. The summed E-state index contributed by atoms with van der Waals surface area (Å²) < 4.78 is 1.95. The number of nitrogens with one attached hydrogen (secondary N) is 1. The first-order valence-electron chi connectivity index (χ1n) is 6.44. The third-order valence-electron chi connectivity index (χ3n) is 3.08. The van der Waals surface area contributed by atoms with E-state index in [9.17, 15) is 4.79 Å². The van der Waals surface area contributed by atoms with Gasteiger partial charge in [0.05, 0.1) is 5.69 Å². The highest BCUT2D eigenvalue weighted by atomic mass is 32.2. The van der Waals surface area contributed by atoms with Crippen molar-refractivity contribution in [1.82, 2.24) is 4.57 Å². The summed E-state index contributed by atoms with van der Waals surface area (Å²) in [6, 6.07) is 13.7. The van der Waals surface area contributed by atoms with Crippen molar-refractivity contribution in [3.8, 4) is 5.69 Å². The van der Waals surface area contributed by atoms with E-state index in [-0.39, 0.29) is 5.91 Å². The monoisotopic (exact) mass is 314 g/mol. The summed E-state index contributed by atoms with van der Waals surface area (Å²) in [5.74, 6) is -0.0781. The SMILES string of the molecule is CSc1ccc(NC(=O)c2sccc2-n2cccc2)cc1. The number of hydrogen-bond acceptors (Lipinski definition) is 3. The standard InChI is InChI=1S/C16H14N2OS2/c1-20-13-6-4-12(5-7-13)17-16(19)15-14(8-11-21-15)18-9-2-3-10-18/h2-11H,1H3,(H,17,19). The lowest BCUT2D eigenvalue weighted by atomic mass is 10.3. The van der Waals surface area contributed by atoms with Gasteiger partial charge in [0.15, 0.2) is 0 Å². The first-order valence-corrected chi connectivity index (χ1v) is 8.54. The lowest BCUT2D eigenvalue weighted by Crippen LogP contribution is -2.12. The minimum absolute atomic E-state index is 0.0781. The van der Waals surface area contributed by atoms with E-state index in [0.29, 0.717) is 4.88 Å². The van der Waals surface area contributed by atoms with Crippen molar-refractivity contribution in [2.75, 3.05) is 11.6 Å². The molecule has 5 heteroatoms. The zero-order valence-electron chi connectivity index (χ0n) is 11.4. The Morgan fingerprint density at radius 1 is 1.14 bits per heavy atom. The van der Waals surface area contributed by atoms with Crippen LogP contribution in [0.15, 0.2) is 65.1 Å². The summed E-state index contributed by atoms with van der Waals surface area (Å²) in [5, 5.41) is 4.88. The number of anilines is 1. The lowest BCUT2D eigenvalue weighted by molar-refractivity contribution is 0.103. The zero-order valence-corrected chi connectivity index (χ0v) is 13.1. The van der Waals surface area contributed by atoms with Gasteiger partial charge in [-0.05, 0) is 54.1 Å². The van der Waals surface area contributed by atoms with Crippen LogP contribution in [0.1, 0.15) is 9.67 Å². The molecule has 1 N–H and O–H groups in total. The van der Waals surface area contributed by atoms with Gasteiger partial charge in [-0.1, -0.05) is 0 Å². The Kier molecular flexibility index (Phi) is 4.13. The van der Waals surface area contributed by atoms with Crippen LogP contribution in [0.5, 0.6) is 0 Å². The van der Waals surface area contributed by atoms with E-state index in [0.717, 1.165) is 11.4 Å². The normalized spacial score (nSPS) is 10.5. The maximum absolute atomic E-state index is 12.4. The molecule has 3 aromatic rings.